The van der Waals surface area contributed by atoms with Crippen LogP contribution in [0, 0.1) is 5.82 Å². The fourth-order valence-electron chi connectivity index (χ4n) is 3.18. The number of carbonyl (C=O) groups is 2. The minimum absolute atomic E-state index is 0.0569. The number of anilines is 1. The van der Waals surface area contributed by atoms with Gasteiger partial charge in [-0.25, -0.2) is 12.8 Å². The molecule has 0 aliphatic carbocycles. The van der Waals surface area contributed by atoms with Crippen molar-refractivity contribution in [3.63, 3.8) is 0 Å². The molecule has 9 heteroatoms. The predicted octanol–water partition coefficient (Wildman–Crippen LogP) is 2.54. The van der Waals surface area contributed by atoms with Gasteiger partial charge in [0, 0.05) is 26.6 Å². The molecular weight excluding hydrogens is 421 g/mol. The second-order valence-electron chi connectivity index (χ2n) is 7.21. The van der Waals surface area contributed by atoms with Gasteiger partial charge in [0.15, 0.2) is 0 Å². The molecule has 168 valence electrons. The summed E-state index contributed by atoms with van der Waals surface area (Å²) in [5.41, 5.74) is 1.21. The highest BCUT2D eigenvalue weighted by Gasteiger charge is 2.26. The number of hydrogen-bond donors (Lipinski definition) is 1. The number of nitrogens with one attached hydrogen (secondary N) is 1. The van der Waals surface area contributed by atoms with Crippen LogP contribution < -0.4 is 9.62 Å². The summed E-state index contributed by atoms with van der Waals surface area (Å²) in [6.45, 7) is 1.98. The maximum Gasteiger partial charge on any atom is 0.242 e. The van der Waals surface area contributed by atoms with Crippen LogP contribution >= 0.6 is 0 Å². The van der Waals surface area contributed by atoms with Gasteiger partial charge in [-0.15, -0.1) is 0 Å². The van der Waals surface area contributed by atoms with Crippen molar-refractivity contribution in [2.75, 3.05) is 24.2 Å². The number of hydrogen-bond acceptors (Lipinski definition) is 4. The number of nitrogens with zero attached hydrogens (tertiary/aromatic N) is 2. The highest BCUT2D eigenvalue weighted by atomic mass is 32.2. The van der Waals surface area contributed by atoms with E-state index in [-0.39, 0.29) is 37.7 Å². The summed E-state index contributed by atoms with van der Waals surface area (Å²) in [5, 5.41) is 2.56. The average molecular weight is 450 g/mol. The summed E-state index contributed by atoms with van der Waals surface area (Å²) in [5.74, 6) is -1.01. The molecule has 0 aliphatic heterocycles. The smallest absolute Gasteiger partial charge is 0.242 e. The molecular formula is C22H28FN3O4S. The van der Waals surface area contributed by atoms with Crippen molar-refractivity contribution < 1.29 is 22.4 Å². The molecule has 0 fully saturated rings. The van der Waals surface area contributed by atoms with E-state index in [0.29, 0.717) is 5.69 Å². The lowest BCUT2D eigenvalue weighted by Gasteiger charge is -2.29. The molecule has 1 atom stereocenters. The molecule has 2 aromatic rings. The molecule has 1 N–H and O–H groups in total. The standard InChI is InChI=1S/C22H28FN3O4S/c1-17(22(28)24-2)25(16-18-8-5-4-6-9-18)21(27)10-7-15-26(31(3,29)30)20-13-11-19(23)12-14-20/h4-6,8-9,11-14,17H,7,10,15-16H2,1-3H3,(H,24,28). The van der Waals surface area contributed by atoms with Crippen LogP contribution in [-0.2, 0) is 26.2 Å². The maximum absolute atomic E-state index is 13.2. The predicted molar refractivity (Wildman–Crippen MR) is 118 cm³/mol. The maximum atomic E-state index is 13.2. The van der Waals surface area contributed by atoms with Gasteiger partial charge in [0.1, 0.15) is 11.9 Å². The molecule has 0 aliphatic rings. The number of carbonyl (C=O) groups excluding carboxylic acids is 2. The summed E-state index contributed by atoms with van der Waals surface area (Å²) >= 11 is 0. The third-order valence-electron chi connectivity index (χ3n) is 4.88. The van der Waals surface area contributed by atoms with Gasteiger partial charge in [-0.05, 0) is 43.2 Å². The summed E-state index contributed by atoms with van der Waals surface area (Å²) in [4.78, 5) is 26.6. The summed E-state index contributed by atoms with van der Waals surface area (Å²) < 4.78 is 38.7. The molecule has 1 unspecified atom stereocenters. The molecule has 2 amide bonds. The van der Waals surface area contributed by atoms with Crippen molar-refractivity contribution in [2.24, 2.45) is 0 Å². The first-order chi connectivity index (χ1) is 14.6. The Balaban J connectivity index is 2.11. The van der Waals surface area contributed by atoms with Crippen molar-refractivity contribution in [3.05, 3.63) is 66.0 Å². The zero-order valence-corrected chi connectivity index (χ0v) is 18.7. The van der Waals surface area contributed by atoms with E-state index >= 15 is 0 Å². The molecule has 0 spiro atoms. The van der Waals surface area contributed by atoms with Gasteiger partial charge in [0.05, 0.1) is 11.9 Å². The summed E-state index contributed by atoms with van der Waals surface area (Å²) in [7, 11) is -2.10. The second-order valence-corrected chi connectivity index (χ2v) is 9.12. The monoisotopic (exact) mass is 449 g/mol. The Labute approximate surface area is 182 Å². The molecule has 0 bridgehead atoms. The van der Waals surface area contributed by atoms with Crippen molar-refractivity contribution in [2.45, 2.75) is 32.4 Å². The number of rotatable bonds is 10. The molecule has 2 aromatic carbocycles. The zero-order valence-electron chi connectivity index (χ0n) is 17.9. The van der Waals surface area contributed by atoms with Gasteiger partial charge in [-0.3, -0.25) is 13.9 Å². The van der Waals surface area contributed by atoms with E-state index in [2.05, 4.69) is 5.32 Å². The fraction of sp³-hybridized carbons (Fsp3) is 0.364. The normalized spacial score (nSPS) is 12.1. The molecule has 31 heavy (non-hydrogen) atoms. The van der Waals surface area contributed by atoms with Gasteiger partial charge in [0.25, 0.3) is 0 Å². The van der Waals surface area contributed by atoms with Crippen molar-refractivity contribution in [1.82, 2.24) is 10.2 Å². The van der Waals surface area contributed by atoms with E-state index in [1.54, 1.807) is 6.92 Å². The van der Waals surface area contributed by atoms with Gasteiger partial charge in [-0.2, -0.15) is 0 Å². The van der Waals surface area contributed by atoms with Crippen molar-refractivity contribution >= 4 is 27.5 Å². The van der Waals surface area contributed by atoms with Crippen molar-refractivity contribution in [3.8, 4) is 0 Å². The van der Waals surface area contributed by atoms with E-state index in [1.807, 2.05) is 30.3 Å². The number of halogens is 1. The molecule has 0 saturated carbocycles. The first kappa shape index (κ1) is 24.3. The van der Waals surface area contributed by atoms with Crippen LogP contribution in [0.5, 0.6) is 0 Å². The van der Waals surface area contributed by atoms with Crippen LogP contribution in [0.25, 0.3) is 0 Å². The Morgan fingerprint density at radius 3 is 2.23 bits per heavy atom. The third kappa shape index (κ3) is 7.06. The van der Waals surface area contributed by atoms with Gasteiger partial charge in [-0.1, -0.05) is 30.3 Å². The van der Waals surface area contributed by atoms with Crippen LogP contribution in [0.15, 0.2) is 54.6 Å². The van der Waals surface area contributed by atoms with Crippen LogP contribution in [-0.4, -0.2) is 51.0 Å². The first-order valence-corrected chi connectivity index (χ1v) is 11.8. The largest absolute Gasteiger partial charge is 0.357 e. The molecule has 0 radical (unpaired) electrons. The number of amides is 2. The minimum atomic E-state index is -3.61. The second kappa shape index (κ2) is 10.9. The molecule has 2 rings (SSSR count). The van der Waals surface area contributed by atoms with Gasteiger partial charge < -0.3 is 10.2 Å². The molecule has 7 nitrogen and oxygen atoms in total. The molecule has 0 saturated heterocycles. The van der Waals surface area contributed by atoms with Gasteiger partial charge in [0.2, 0.25) is 21.8 Å². The summed E-state index contributed by atoms with van der Waals surface area (Å²) in [6.07, 6.45) is 1.37. The third-order valence-corrected chi connectivity index (χ3v) is 6.07. The lowest BCUT2D eigenvalue weighted by molar-refractivity contribution is -0.140. The summed E-state index contributed by atoms with van der Waals surface area (Å²) in [6, 6.07) is 13.8. The SMILES string of the molecule is CNC(=O)C(C)N(Cc1ccccc1)C(=O)CCCN(c1ccc(F)cc1)S(C)(=O)=O. The number of likely N-dealkylation sites (N-methyl/N-ethyl adjacent to an activating group) is 1. The average Bonchev–Trinajstić information content (AvgIpc) is 2.74. The molecule has 0 aromatic heterocycles. The van der Waals surface area contributed by atoms with E-state index < -0.39 is 21.9 Å². The highest BCUT2D eigenvalue weighted by Crippen LogP contribution is 2.19. The van der Waals surface area contributed by atoms with E-state index in [1.165, 1.54) is 36.2 Å². The quantitative estimate of drug-likeness (QED) is 0.604. The highest BCUT2D eigenvalue weighted by molar-refractivity contribution is 7.92. The Kier molecular flexibility index (Phi) is 8.56. The Morgan fingerprint density at radius 2 is 1.68 bits per heavy atom. The van der Waals surface area contributed by atoms with Crippen LogP contribution in [0.1, 0.15) is 25.3 Å². The van der Waals surface area contributed by atoms with Crippen LogP contribution in [0.2, 0.25) is 0 Å². The zero-order chi connectivity index (χ0) is 23.0. The topological polar surface area (TPSA) is 86.8 Å². The van der Waals surface area contributed by atoms with Gasteiger partial charge >= 0.3 is 0 Å². The Bertz CT molecular complexity index is 982. The van der Waals surface area contributed by atoms with E-state index in [4.69, 9.17) is 0 Å². The lowest BCUT2D eigenvalue weighted by Crippen LogP contribution is -2.46. The van der Waals surface area contributed by atoms with Crippen LogP contribution in [0.4, 0.5) is 10.1 Å². The first-order valence-electron chi connectivity index (χ1n) is 9.91. The minimum Gasteiger partial charge on any atom is -0.357 e. The Hall–Kier alpha value is -2.94. The number of benzene rings is 2. The molecule has 0 heterocycles. The van der Waals surface area contributed by atoms with E-state index in [9.17, 15) is 22.4 Å². The van der Waals surface area contributed by atoms with E-state index in [0.717, 1.165) is 16.1 Å². The lowest BCUT2D eigenvalue weighted by atomic mass is 10.1. The Morgan fingerprint density at radius 1 is 1.06 bits per heavy atom. The van der Waals surface area contributed by atoms with Crippen molar-refractivity contribution in [1.29, 1.82) is 0 Å². The fourth-order valence-corrected chi connectivity index (χ4v) is 4.15. The van der Waals surface area contributed by atoms with Crippen LogP contribution in [0.3, 0.4) is 0 Å². The number of sulfonamides is 1.